The van der Waals surface area contributed by atoms with Crippen molar-refractivity contribution in [2.45, 2.75) is 51.4 Å². The molecule has 1 saturated heterocycles. The summed E-state index contributed by atoms with van der Waals surface area (Å²) in [5.41, 5.74) is 2.71. The van der Waals surface area contributed by atoms with E-state index < -0.39 is 0 Å². The van der Waals surface area contributed by atoms with Gasteiger partial charge in [0.15, 0.2) is 0 Å². The maximum atomic E-state index is 5.95. The molecule has 2 heteroatoms. The quantitative estimate of drug-likeness (QED) is 0.863. The molecular formula is C15H23NO. The number of hydrogen-bond acceptors (Lipinski definition) is 2. The SMILES string of the molecule is CNC(Cc1ccc(C)cc1)C1CCC(C)O1. The predicted molar refractivity (Wildman–Crippen MR) is 71.3 cm³/mol. The first-order valence-corrected chi connectivity index (χ1v) is 6.57. The second kappa shape index (κ2) is 5.65. The standard InChI is InChI=1S/C15H23NO/c1-11-4-7-13(8-5-11)10-14(16-3)15-9-6-12(2)17-15/h4-5,7-8,12,14-16H,6,9-10H2,1-3H3. The molecule has 1 aliphatic heterocycles. The molecule has 2 nitrogen and oxygen atoms in total. The molecule has 0 saturated carbocycles. The normalized spacial score (nSPS) is 26.1. The predicted octanol–water partition coefficient (Wildman–Crippen LogP) is 2.69. The molecule has 0 aliphatic carbocycles. The molecule has 3 unspecified atom stereocenters. The fraction of sp³-hybridized carbons (Fsp3) is 0.600. The van der Waals surface area contributed by atoms with Crippen LogP contribution in [0.1, 0.15) is 30.9 Å². The van der Waals surface area contributed by atoms with Crippen LogP contribution in [0, 0.1) is 6.92 Å². The van der Waals surface area contributed by atoms with Crippen LogP contribution in [0.2, 0.25) is 0 Å². The Kier molecular flexibility index (Phi) is 4.19. The summed E-state index contributed by atoms with van der Waals surface area (Å²) in [5.74, 6) is 0. The largest absolute Gasteiger partial charge is 0.374 e. The summed E-state index contributed by atoms with van der Waals surface area (Å²) in [5, 5.41) is 3.40. The van der Waals surface area contributed by atoms with Crippen LogP contribution in [-0.4, -0.2) is 25.3 Å². The van der Waals surface area contributed by atoms with Crippen LogP contribution in [0.15, 0.2) is 24.3 Å². The summed E-state index contributed by atoms with van der Waals surface area (Å²) >= 11 is 0. The van der Waals surface area contributed by atoms with E-state index in [1.165, 1.54) is 24.0 Å². The number of ether oxygens (including phenoxy) is 1. The molecule has 1 aliphatic rings. The van der Waals surface area contributed by atoms with Crippen molar-refractivity contribution in [1.82, 2.24) is 5.32 Å². The Morgan fingerprint density at radius 3 is 2.53 bits per heavy atom. The Bertz CT molecular complexity index is 346. The van der Waals surface area contributed by atoms with E-state index in [4.69, 9.17) is 4.74 Å². The van der Waals surface area contributed by atoms with Crippen molar-refractivity contribution in [2.24, 2.45) is 0 Å². The lowest BCUT2D eigenvalue weighted by molar-refractivity contribution is 0.0337. The van der Waals surface area contributed by atoms with Crippen molar-refractivity contribution >= 4 is 0 Å². The van der Waals surface area contributed by atoms with E-state index in [0.717, 1.165) is 6.42 Å². The fourth-order valence-electron chi connectivity index (χ4n) is 2.53. The van der Waals surface area contributed by atoms with Crippen LogP contribution >= 0.6 is 0 Å². The van der Waals surface area contributed by atoms with Gasteiger partial charge in [-0.25, -0.2) is 0 Å². The van der Waals surface area contributed by atoms with Gasteiger partial charge < -0.3 is 10.1 Å². The Labute approximate surface area is 104 Å². The van der Waals surface area contributed by atoms with Gasteiger partial charge in [-0.2, -0.15) is 0 Å². The van der Waals surface area contributed by atoms with Crippen LogP contribution in [-0.2, 0) is 11.2 Å². The average Bonchev–Trinajstić information content (AvgIpc) is 2.75. The first-order valence-electron chi connectivity index (χ1n) is 6.57. The number of likely N-dealkylation sites (N-methyl/N-ethyl adjacent to an activating group) is 1. The maximum absolute atomic E-state index is 5.95. The van der Waals surface area contributed by atoms with Gasteiger partial charge >= 0.3 is 0 Å². The van der Waals surface area contributed by atoms with Gasteiger partial charge in [0.25, 0.3) is 0 Å². The molecule has 0 aromatic heterocycles. The summed E-state index contributed by atoms with van der Waals surface area (Å²) in [6.45, 7) is 4.29. The van der Waals surface area contributed by atoms with Gasteiger partial charge in [0.1, 0.15) is 0 Å². The minimum Gasteiger partial charge on any atom is -0.374 e. The highest BCUT2D eigenvalue weighted by Gasteiger charge is 2.28. The molecule has 0 bridgehead atoms. The number of hydrogen-bond donors (Lipinski definition) is 1. The van der Waals surface area contributed by atoms with Crippen molar-refractivity contribution in [2.75, 3.05) is 7.05 Å². The molecule has 1 N–H and O–H groups in total. The summed E-state index contributed by atoms with van der Waals surface area (Å²) in [4.78, 5) is 0. The lowest BCUT2D eigenvalue weighted by Gasteiger charge is -2.23. The molecule has 1 aromatic carbocycles. The van der Waals surface area contributed by atoms with Crippen LogP contribution in [0.5, 0.6) is 0 Å². The first kappa shape index (κ1) is 12.6. The van der Waals surface area contributed by atoms with Gasteiger partial charge in [-0.3, -0.25) is 0 Å². The zero-order valence-corrected chi connectivity index (χ0v) is 11.1. The third-order valence-electron chi connectivity index (χ3n) is 3.66. The first-order chi connectivity index (χ1) is 8.19. The number of aryl methyl sites for hydroxylation is 1. The molecule has 17 heavy (non-hydrogen) atoms. The van der Waals surface area contributed by atoms with Crippen LogP contribution in [0.25, 0.3) is 0 Å². The molecule has 1 fully saturated rings. The summed E-state index contributed by atoms with van der Waals surface area (Å²) in [7, 11) is 2.03. The Morgan fingerprint density at radius 2 is 2.00 bits per heavy atom. The van der Waals surface area contributed by atoms with Gasteiger partial charge in [0, 0.05) is 6.04 Å². The van der Waals surface area contributed by atoms with E-state index in [1.807, 2.05) is 7.05 Å². The zero-order chi connectivity index (χ0) is 12.3. The second-order valence-electron chi connectivity index (χ2n) is 5.15. The van der Waals surface area contributed by atoms with Crippen LogP contribution < -0.4 is 5.32 Å². The van der Waals surface area contributed by atoms with Crippen molar-refractivity contribution in [3.05, 3.63) is 35.4 Å². The van der Waals surface area contributed by atoms with E-state index >= 15 is 0 Å². The molecule has 0 radical (unpaired) electrons. The Hall–Kier alpha value is -0.860. The van der Waals surface area contributed by atoms with E-state index in [9.17, 15) is 0 Å². The number of benzene rings is 1. The molecule has 1 aromatic rings. The van der Waals surface area contributed by atoms with Gasteiger partial charge in [-0.15, -0.1) is 0 Å². The monoisotopic (exact) mass is 233 g/mol. The van der Waals surface area contributed by atoms with Crippen molar-refractivity contribution in [3.8, 4) is 0 Å². The molecule has 1 heterocycles. The highest BCUT2D eigenvalue weighted by atomic mass is 16.5. The smallest absolute Gasteiger partial charge is 0.0735 e. The van der Waals surface area contributed by atoms with Crippen LogP contribution in [0.4, 0.5) is 0 Å². The third-order valence-corrected chi connectivity index (χ3v) is 3.66. The van der Waals surface area contributed by atoms with Crippen molar-refractivity contribution in [1.29, 1.82) is 0 Å². The zero-order valence-electron chi connectivity index (χ0n) is 11.1. The Morgan fingerprint density at radius 1 is 1.29 bits per heavy atom. The second-order valence-corrected chi connectivity index (χ2v) is 5.15. The molecule has 2 rings (SSSR count). The van der Waals surface area contributed by atoms with Crippen molar-refractivity contribution in [3.63, 3.8) is 0 Å². The highest BCUT2D eigenvalue weighted by molar-refractivity contribution is 5.22. The summed E-state index contributed by atoms with van der Waals surface area (Å²) in [6.07, 6.45) is 4.22. The van der Waals surface area contributed by atoms with Gasteiger partial charge in [-0.05, 0) is 45.7 Å². The number of rotatable bonds is 4. The molecule has 0 amide bonds. The van der Waals surface area contributed by atoms with Gasteiger partial charge in [0.2, 0.25) is 0 Å². The van der Waals surface area contributed by atoms with E-state index in [1.54, 1.807) is 0 Å². The topological polar surface area (TPSA) is 21.3 Å². The highest BCUT2D eigenvalue weighted by Crippen LogP contribution is 2.23. The molecular weight excluding hydrogens is 210 g/mol. The minimum absolute atomic E-state index is 0.372. The van der Waals surface area contributed by atoms with Crippen LogP contribution in [0.3, 0.4) is 0 Å². The van der Waals surface area contributed by atoms with E-state index in [-0.39, 0.29) is 0 Å². The van der Waals surface area contributed by atoms with E-state index in [2.05, 4.69) is 43.4 Å². The lowest BCUT2D eigenvalue weighted by atomic mass is 9.99. The van der Waals surface area contributed by atoms with Gasteiger partial charge in [-0.1, -0.05) is 29.8 Å². The summed E-state index contributed by atoms with van der Waals surface area (Å²) in [6, 6.07) is 9.24. The fourth-order valence-corrected chi connectivity index (χ4v) is 2.53. The number of nitrogens with one attached hydrogen (secondary N) is 1. The third kappa shape index (κ3) is 3.30. The summed E-state index contributed by atoms with van der Waals surface area (Å²) < 4.78 is 5.95. The lowest BCUT2D eigenvalue weighted by Crippen LogP contribution is -2.39. The maximum Gasteiger partial charge on any atom is 0.0735 e. The Balaban J connectivity index is 1.97. The minimum atomic E-state index is 0.372. The van der Waals surface area contributed by atoms with Crippen molar-refractivity contribution < 1.29 is 4.74 Å². The molecule has 94 valence electrons. The molecule has 0 spiro atoms. The molecule has 3 atom stereocenters. The average molecular weight is 233 g/mol. The van der Waals surface area contributed by atoms with Gasteiger partial charge in [0.05, 0.1) is 12.2 Å². The van der Waals surface area contributed by atoms with E-state index in [0.29, 0.717) is 18.2 Å².